The molecule has 4 aromatic rings. The number of hydrogen-bond acceptors (Lipinski definition) is 7. The van der Waals surface area contributed by atoms with Crippen LogP contribution < -0.4 is 15.0 Å². The monoisotopic (exact) mass is 540 g/mol. The van der Waals surface area contributed by atoms with Crippen molar-refractivity contribution < 1.29 is 41.8 Å². The van der Waals surface area contributed by atoms with Gasteiger partial charge in [0.05, 0.1) is 30.9 Å². The first-order valence-electron chi connectivity index (χ1n) is 11.3. The quantitative estimate of drug-likeness (QED) is 0.351. The van der Waals surface area contributed by atoms with Crippen molar-refractivity contribution in [1.29, 1.82) is 0 Å². The number of carbonyl (C=O) groups excluding carboxylic acids is 3. The molecule has 5 rings (SSSR count). The van der Waals surface area contributed by atoms with Crippen LogP contribution in [0.1, 0.15) is 21.5 Å². The highest BCUT2D eigenvalue weighted by Crippen LogP contribution is 2.50. The number of alkyl halides is 3. The van der Waals surface area contributed by atoms with Crippen molar-refractivity contribution >= 4 is 40.6 Å². The molecule has 2 heterocycles. The molecule has 39 heavy (non-hydrogen) atoms. The number of nitrogens with one attached hydrogen (secondary N) is 2. The number of aromatic amines is 1. The minimum Gasteiger partial charge on any atom is -0.495 e. The maximum atomic E-state index is 13.8. The Morgan fingerprint density at radius 2 is 1.74 bits per heavy atom. The van der Waals surface area contributed by atoms with Crippen molar-refractivity contribution in [1.82, 2.24) is 9.97 Å². The third-order valence-electron chi connectivity index (χ3n) is 6.12. The SMILES string of the molecule is COC(=O)Nc1nc2ccc(C3(OC(=O)C(F)(F)F)c4ccccc4C(=O)N3c3ccccc3OC)cc2[nH]1. The number of nitrogens with zero attached hydrogens (tertiary/aromatic N) is 2. The number of methoxy groups -OCH3 is 2. The van der Waals surface area contributed by atoms with Crippen LogP contribution in [-0.2, 0) is 20.0 Å². The first-order chi connectivity index (χ1) is 18.6. The zero-order chi connectivity index (χ0) is 27.9. The lowest BCUT2D eigenvalue weighted by Crippen LogP contribution is -2.50. The number of H-pyrrole nitrogens is 1. The van der Waals surface area contributed by atoms with Crippen LogP contribution in [0.4, 0.5) is 29.6 Å². The number of benzene rings is 3. The molecule has 0 aliphatic carbocycles. The van der Waals surface area contributed by atoms with Crippen molar-refractivity contribution in [2.24, 2.45) is 0 Å². The van der Waals surface area contributed by atoms with Gasteiger partial charge in [-0.15, -0.1) is 0 Å². The second kappa shape index (κ2) is 9.35. The van der Waals surface area contributed by atoms with E-state index < -0.39 is 29.9 Å². The molecule has 0 saturated carbocycles. The number of rotatable bonds is 5. The highest BCUT2D eigenvalue weighted by Gasteiger charge is 2.58. The molecule has 13 heteroatoms. The van der Waals surface area contributed by atoms with Gasteiger partial charge in [-0.05, 0) is 30.3 Å². The topological polar surface area (TPSA) is 123 Å². The van der Waals surface area contributed by atoms with Crippen LogP contribution in [0.25, 0.3) is 11.0 Å². The lowest BCUT2D eigenvalue weighted by Gasteiger charge is -2.39. The second-order valence-corrected chi connectivity index (χ2v) is 8.32. The van der Waals surface area contributed by atoms with Gasteiger partial charge in [0.25, 0.3) is 5.91 Å². The van der Waals surface area contributed by atoms with Crippen molar-refractivity contribution in [3.8, 4) is 5.75 Å². The van der Waals surface area contributed by atoms with Crippen molar-refractivity contribution in [2.45, 2.75) is 11.9 Å². The fourth-order valence-electron chi connectivity index (χ4n) is 4.51. The third-order valence-corrected chi connectivity index (χ3v) is 6.12. The zero-order valence-electron chi connectivity index (χ0n) is 20.3. The second-order valence-electron chi connectivity index (χ2n) is 8.32. The van der Waals surface area contributed by atoms with Gasteiger partial charge in [0, 0.05) is 16.7 Å². The standard InChI is InChI=1S/C26H19F3N4O6/c1-37-20-10-6-5-9-19(20)33-21(34)15-7-3-4-8-16(15)25(33,39-22(35)26(27,28)29)14-11-12-17-18(13-14)31-23(30-17)32-24(36)38-2/h3-13H,1-2H3,(H2,30,31,32,36). The Morgan fingerprint density at radius 3 is 2.46 bits per heavy atom. The van der Waals surface area contributed by atoms with E-state index in [4.69, 9.17) is 9.47 Å². The summed E-state index contributed by atoms with van der Waals surface area (Å²) < 4.78 is 56.3. The zero-order valence-corrected chi connectivity index (χ0v) is 20.3. The van der Waals surface area contributed by atoms with E-state index in [1.54, 1.807) is 18.2 Å². The molecule has 1 aliphatic rings. The van der Waals surface area contributed by atoms with E-state index in [2.05, 4.69) is 20.0 Å². The molecule has 1 unspecified atom stereocenters. The summed E-state index contributed by atoms with van der Waals surface area (Å²) in [7, 11) is 2.50. The first kappa shape index (κ1) is 25.6. The number of carbonyl (C=O) groups is 3. The Hall–Kier alpha value is -5.07. The fourth-order valence-corrected chi connectivity index (χ4v) is 4.51. The number of aromatic nitrogens is 2. The molecule has 1 aromatic heterocycles. The maximum Gasteiger partial charge on any atom is 0.491 e. The van der Waals surface area contributed by atoms with E-state index in [9.17, 15) is 27.6 Å². The van der Waals surface area contributed by atoms with Gasteiger partial charge in [-0.2, -0.15) is 13.2 Å². The summed E-state index contributed by atoms with van der Waals surface area (Å²) >= 11 is 0. The van der Waals surface area contributed by atoms with Gasteiger partial charge in [-0.3, -0.25) is 15.0 Å². The number of esters is 1. The summed E-state index contributed by atoms with van der Waals surface area (Å²) in [6, 6.07) is 16.3. The number of amides is 2. The van der Waals surface area contributed by atoms with E-state index in [1.807, 2.05) is 0 Å². The highest BCUT2D eigenvalue weighted by atomic mass is 19.4. The van der Waals surface area contributed by atoms with Crippen LogP contribution in [0.15, 0.2) is 66.7 Å². The van der Waals surface area contributed by atoms with Crippen molar-refractivity contribution in [2.75, 3.05) is 24.4 Å². The molecule has 0 fully saturated rings. The Balaban J connectivity index is 1.80. The van der Waals surface area contributed by atoms with Gasteiger partial charge in [0.2, 0.25) is 11.7 Å². The average Bonchev–Trinajstić information content (AvgIpc) is 3.43. The molecular formula is C26H19F3N4O6. The summed E-state index contributed by atoms with van der Waals surface area (Å²) in [5.41, 5.74) is -1.73. The molecule has 1 aliphatic heterocycles. The molecule has 0 bridgehead atoms. The molecule has 0 radical (unpaired) electrons. The van der Waals surface area contributed by atoms with Gasteiger partial charge in [-0.25, -0.2) is 14.6 Å². The van der Waals surface area contributed by atoms with E-state index in [1.165, 1.54) is 55.6 Å². The molecule has 200 valence electrons. The van der Waals surface area contributed by atoms with Crippen molar-refractivity contribution in [3.63, 3.8) is 0 Å². The number of ether oxygens (including phenoxy) is 3. The Labute approximate surface area is 218 Å². The molecule has 3 aromatic carbocycles. The molecule has 1 atom stereocenters. The van der Waals surface area contributed by atoms with E-state index in [0.717, 1.165) is 12.0 Å². The third kappa shape index (κ3) is 4.17. The first-order valence-corrected chi connectivity index (χ1v) is 11.3. The van der Waals surface area contributed by atoms with Crippen LogP contribution in [0, 0.1) is 0 Å². The summed E-state index contributed by atoms with van der Waals surface area (Å²) in [5.74, 6) is -3.08. The van der Waals surface area contributed by atoms with Gasteiger partial charge >= 0.3 is 18.2 Å². The van der Waals surface area contributed by atoms with E-state index in [0.29, 0.717) is 5.52 Å². The summed E-state index contributed by atoms with van der Waals surface area (Å²) in [4.78, 5) is 45.9. The Morgan fingerprint density at radius 1 is 1.03 bits per heavy atom. The van der Waals surface area contributed by atoms with Gasteiger partial charge in [0.15, 0.2) is 0 Å². The predicted octanol–water partition coefficient (Wildman–Crippen LogP) is 4.72. The van der Waals surface area contributed by atoms with E-state index >= 15 is 0 Å². The lowest BCUT2D eigenvalue weighted by molar-refractivity contribution is -0.211. The predicted molar refractivity (Wildman–Crippen MR) is 131 cm³/mol. The average molecular weight is 540 g/mol. The van der Waals surface area contributed by atoms with E-state index in [-0.39, 0.29) is 39.6 Å². The van der Waals surface area contributed by atoms with Gasteiger partial charge in [0.1, 0.15) is 5.75 Å². The summed E-state index contributed by atoms with van der Waals surface area (Å²) in [5, 5.41) is 2.36. The molecule has 10 nitrogen and oxygen atoms in total. The smallest absolute Gasteiger partial charge is 0.491 e. The fraction of sp³-hybridized carbons (Fsp3) is 0.154. The van der Waals surface area contributed by atoms with Crippen LogP contribution in [0.3, 0.4) is 0 Å². The number of fused-ring (bicyclic) bond motifs is 2. The largest absolute Gasteiger partial charge is 0.495 e. The summed E-state index contributed by atoms with van der Waals surface area (Å²) in [6.45, 7) is 0. The number of anilines is 2. The molecule has 2 N–H and O–H groups in total. The number of hydrogen-bond donors (Lipinski definition) is 2. The van der Waals surface area contributed by atoms with Gasteiger partial charge < -0.3 is 19.2 Å². The summed E-state index contributed by atoms with van der Waals surface area (Å²) in [6.07, 6.45) is -6.18. The molecular weight excluding hydrogens is 521 g/mol. The molecule has 0 saturated heterocycles. The highest BCUT2D eigenvalue weighted by molar-refractivity contribution is 6.13. The minimum absolute atomic E-state index is 0.000167. The van der Waals surface area contributed by atoms with Crippen LogP contribution in [0.5, 0.6) is 5.75 Å². The molecule has 0 spiro atoms. The number of halogens is 3. The number of imidazole rings is 1. The van der Waals surface area contributed by atoms with Crippen LogP contribution in [0.2, 0.25) is 0 Å². The van der Waals surface area contributed by atoms with Crippen LogP contribution >= 0.6 is 0 Å². The maximum absolute atomic E-state index is 13.8. The lowest BCUT2D eigenvalue weighted by atomic mass is 9.92. The molecule has 2 amide bonds. The Kier molecular flexibility index (Phi) is 6.13. The number of para-hydroxylation sites is 2. The minimum atomic E-state index is -5.38. The van der Waals surface area contributed by atoms with Crippen molar-refractivity contribution in [3.05, 3.63) is 83.4 Å². The normalized spacial score (nSPS) is 16.6. The Bertz CT molecular complexity index is 1620. The van der Waals surface area contributed by atoms with Crippen LogP contribution in [-0.4, -0.2) is 48.3 Å². The van der Waals surface area contributed by atoms with Gasteiger partial charge in [-0.1, -0.05) is 36.4 Å².